The molecule has 0 radical (unpaired) electrons. The van der Waals surface area contributed by atoms with Crippen LogP contribution in [0.5, 0.6) is 0 Å². The molecule has 0 amide bonds. The van der Waals surface area contributed by atoms with Gasteiger partial charge < -0.3 is 5.73 Å². The zero-order valence-corrected chi connectivity index (χ0v) is 11.4. The molecule has 98 valence electrons. The van der Waals surface area contributed by atoms with E-state index in [-0.39, 0.29) is 0 Å². The first-order valence-corrected chi connectivity index (χ1v) is 6.57. The minimum Gasteiger partial charge on any atom is -0.383 e. The molecule has 0 atom stereocenters. The number of aromatic nitrogens is 2. The first-order chi connectivity index (χ1) is 9.75. The first kappa shape index (κ1) is 12.6. The van der Waals surface area contributed by atoms with Crippen LogP contribution in [0.3, 0.4) is 0 Å². The number of hydrogen-bond donors (Lipinski definition) is 1. The van der Waals surface area contributed by atoms with Crippen LogP contribution in [0.4, 0.5) is 5.82 Å². The lowest BCUT2D eigenvalue weighted by molar-refractivity contribution is 1.19. The predicted molar refractivity (Wildman–Crippen MR) is 82.3 cm³/mol. The summed E-state index contributed by atoms with van der Waals surface area (Å²) in [5, 5.41) is 0.363. The van der Waals surface area contributed by atoms with Crippen molar-refractivity contribution in [1.29, 1.82) is 0 Å². The number of nitrogen functional groups attached to an aromatic ring is 1. The largest absolute Gasteiger partial charge is 0.383 e. The second kappa shape index (κ2) is 5.31. The van der Waals surface area contributed by atoms with Crippen molar-refractivity contribution < 1.29 is 0 Å². The van der Waals surface area contributed by atoms with Crippen molar-refractivity contribution in [1.82, 2.24) is 9.97 Å². The highest BCUT2D eigenvalue weighted by Gasteiger charge is 2.13. The van der Waals surface area contributed by atoms with Crippen molar-refractivity contribution >= 4 is 17.4 Å². The number of nitrogens with zero attached hydrogens (tertiary/aromatic N) is 2. The van der Waals surface area contributed by atoms with Gasteiger partial charge in [-0.25, -0.2) is 9.97 Å². The van der Waals surface area contributed by atoms with Gasteiger partial charge in [-0.05, 0) is 5.56 Å². The smallest absolute Gasteiger partial charge is 0.163 e. The molecule has 3 nitrogen and oxygen atoms in total. The summed E-state index contributed by atoms with van der Waals surface area (Å²) in [5.41, 5.74) is 8.53. The van der Waals surface area contributed by atoms with E-state index in [1.165, 1.54) is 0 Å². The quantitative estimate of drug-likeness (QED) is 0.721. The third-order valence-electron chi connectivity index (χ3n) is 2.99. The molecule has 0 spiro atoms. The summed E-state index contributed by atoms with van der Waals surface area (Å²) in [7, 11) is 0. The van der Waals surface area contributed by atoms with Crippen molar-refractivity contribution in [2.24, 2.45) is 0 Å². The molecule has 0 aliphatic carbocycles. The number of nitrogens with two attached hydrogens (primary N) is 1. The Morgan fingerprint density at radius 1 is 0.750 bits per heavy atom. The average Bonchev–Trinajstić information content (AvgIpc) is 2.48. The summed E-state index contributed by atoms with van der Waals surface area (Å²) in [4.78, 5) is 8.72. The van der Waals surface area contributed by atoms with E-state index in [0.29, 0.717) is 22.4 Å². The van der Waals surface area contributed by atoms with Gasteiger partial charge in [-0.3, -0.25) is 0 Å². The zero-order valence-electron chi connectivity index (χ0n) is 10.6. The van der Waals surface area contributed by atoms with Crippen LogP contribution in [-0.4, -0.2) is 9.97 Å². The Morgan fingerprint density at radius 2 is 1.30 bits per heavy atom. The molecule has 20 heavy (non-hydrogen) atoms. The highest BCUT2D eigenvalue weighted by Crippen LogP contribution is 2.32. The Kier molecular flexibility index (Phi) is 3.35. The molecule has 4 heteroatoms. The van der Waals surface area contributed by atoms with Crippen molar-refractivity contribution in [3.8, 4) is 22.5 Å². The molecule has 0 saturated heterocycles. The van der Waals surface area contributed by atoms with Crippen LogP contribution in [-0.2, 0) is 0 Å². The lowest BCUT2D eigenvalue weighted by Crippen LogP contribution is -2.00. The molecule has 0 aliphatic heterocycles. The van der Waals surface area contributed by atoms with E-state index in [9.17, 15) is 0 Å². The van der Waals surface area contributed by atoms with E-state index in [1.54, 1.807) is 0 Å². The summed E-state index contributed by atoms with van der Waals surface area (Å²) in [5.74, 6) is 0.919. The molecule has 0 bridgehead atoms. The topological polar surface area (TPSA) is 51.8 Å². The molecule has 2 N–H and O–H groups in total. The lowest BCUT2D eigenvalue weighted by atomic mass is 10.1. The third kappa shape index (κ3) is 2.36. The van der Waals surface area contributed by atoms with Gasteiger partial charge in [-0.2, -0.15) is 0 Å². The van der Waals surface area contributed by atoms with Crippen LogP contribution in [0.2, 0.25) is 5.15 Å². The summed E-state index contributed by atoms with van der Waals surface area (Å²) in [6.45, 7) is 0. The Balaban J connectivity index is 2.13. The number of halogens is 1. The number of benzene rings is 2. The van der Waals surface area contributed by atoms with E-state index in [0.717, 1.165) is 11.1 Å². The lowest BCUT2D eigenvalue weighted by Gasteiger charge is -2.09. The Morgan fingerprint density at radius 3 is 1.85 bits per heavy atom. The zero-order chi connectivity index (χ0) is 13.9. The van der Waals surface area contributed by atoms with Crippen LogP contribution >= 0.6 is 11.6 Å². The van der Waals surface area contributed by atoms with Gasteiger partial charge in [0, 0.05) is 5.56 Å². The van der Waals surface area contributed by atoms with Crippen LogP contribution in [0.25, 0.3) is 22.5 Å². The SMILES string of the molecule is Nc1nc(-c2ccccc2)nc(Cl)c1-c1ccccc1. The van der Waals surface area contributed by atoms with Gasteiger partial charge in [0.15, 0.2) is 5.82 Å². The maximum Gasteiger partial charge on any atom is 0.163 e. The van der Waals surface area contributed by atoms with E-state index >= 15 is 0 Å². The first-order valence-electron chi connectivity index (χ1n) is 6.19. The van der Waals surface area contributed by atoms with Crippen molar-refractivity contribution in [2.75, 3.05) is 5.73 Å². The van der Waals surface area contributed by atoms with Crippen LogP contribution < -0.4 is 5.73 Å². The normalized spacial score (nSPS) is 10.4. The van der Waals surface area contributed by atoms with Gasteiger partial charge in [0.25, 0.3) is 0 Å². The van der Waals surface area contributed by atoms with Gasteiger partial charge in [0.2, 0.25) is 0 Å². The average molecular weight is 282 g/mol. The third-order valence-corrected chi connectivity index (χ3v) is 3.26. The summed E-state index contributed by atoms with van der Waals surface area (Å²) >= 11 is 6.29. The molecule has 1 aromatic heterocycles. The van der Waals surface area contributed by atoms with Crippen LogP contribution in [0.1, 0.15) is 0 Å². The van der Waals surface area contributed by atoms with Gasteiger partial charge >= 0.3 is 0 Å². The van der Waals surface area contributed by atoms with Gasteiger partial charge in [0.1, 0.15) is 11.0 Å². The molecule has 0 saturated carbocycles. The minimum absolute atomic E-state index is 0.363. The maximum atomic E-state index is 6.29. The summed E-state index contributed by atoms with van der Waals surface area (Å²) < 4.78 is 0. The Hall–Kier alpha value is -2.39. The monoisotopic (exact) mass is 281 g/mol. The van der Waals surface area contributed by atoms with Gasteiger partial charge in [0.05, 0.1) is 5.56 Å². The molecule has 0 unspecified atom stereocenters. The fourth-order valence-electron chi connectivity index (χ4n) is 2.04. The summed E-state index contributed by atoms with van der Waals surface area (Å²) in [6, 6.07) is 19.3. The number of anilines is 1. The maximum absolute atomic E-state index is 6.29. The van der Waals surface area contributed by atoms with Gasteiger partial charge in [-0.1, -0.05) is 72.3 Å². The van der Waals surface area contributed by atoms with E-state index in [2.05, 4.69) is 9.97 Å². The highest BCUT2D eigenvalue weighted by atomic mass is 35.5. The highest BCUT2D eigenvalue weighted by molar-refractivity contribution is 6.32. The molecule has 0 aliphatic rings. The molecule has 0 fully saturated rings. The number of rotatable bonds is 2. The van der Waals surface area contributed by atoms with Gasteiger partial charge in [-0.15, -0.1) is 0 Å². The van der Waals surface area contributed by atoms with Crippen molar-refractivity contribution in [3.63, 3.8) is 0 Å². The molecule has 3 rings (SSSR count). The molecule has 3 aromatic rings. The Labute approximate surface area is 122 Å². The predicted octanol–water partition coefficient (Wildman–Crippen LogP) is 4.05. The second-order valence-corrected chi connectivity index (χ2v) is 4.69. The van der Waals surface area contributed by atoms with Crippen LogP contribution in [0, 0.1) is 0 Å². The van der Waals surface area contributed by atoms with E-state index in [4.69, 9.17) is 17.3 Å². The molecular formula is C16H12ClN3. The Bertz CT molecular complexity index is 704. The van der Waals surface area contributed by atoms with Crippen molar-refractivity contribution in [2.45, 2.75) is 0 Å². The van der Waals surface area contributed by atoms with E-state index < -0.39 is 0 Å². The van der Waals surface area contributed by atoms with Crippen molar-refractivity contribution in [3.05, 3.63) is 65.8 Å². The standard InChI is InChI=1S/C16H12ClN3/c17-14-13(11-7-3-1-4-8-11)15(18)20-16(19-14)12-9-5-2-6-10-12/h1-10H,(H2,18,19,20). The fraction of sp³-hybridized carbons (Fsp3) is 0. The fourth-order valence-corrected chi connectivity index (χ4v) is 2.32. The number of hydrogen-bond acceptors (Lipinski definition) is 3. The second-order valence-electron chi connectivity index (χ2n) is 4.33. The van der Waals surface area contributed by atoms with Crippen LogP contribution in [0.15, 0.2) is 60.7 Å². The molecular weight excluding hydrogens is 270 g/mol. The molecule has 2 aromatic carbocycles. The molecule has 1 heterocycles. The minimum atomic E-state index is 0.363. The van der Waals surface area contributed by atoms with E-state index in [1.807, 2.05) is 60.7 Å². The summed E-state index contributed by atoms with van der Waals surface area (Å²) in [6.07, 6.45) is 0.